The van der Waals surface area contributed by atoms with Gasteiger partial charge >= 0.3 is 6.09 Å². The number of carbonyl (C=O) groups is 1. The second-order valence-electron chi connectivity index (χ2n) is 12.1. The van der Waals surface area contributed by atoms with Crippen LogP contribution < -0.4 is 15.5 Å². The van der Waals surface area contributed by atoms with E-state index in [1.165, 1.54) is 9.21 Å². The fourth-order valence-corrected chi connectivity index (χ4v) is 7.53. The van der Waals surface area contributed by atoms with E-state index in [0.717, 1.165) is 29.1 Å². The zero-order valence-corrected chi connectivity index (χ0v) is 24.7. The van der Waals surface area contributed by atoms with Gasteiger partial charge in [0, 0.05) is 62.8 Å². The first-order valence-electron chi connectivity index (χ1n) is 14.0. The molecule has 3 fully saturated rings. The third-order valence-corrected chi connectivity index (χ3v) is 10.1. The predicted molar refractivity (Wildman–Crippen MR) is 152 cm³/mol. The summed E-state index contributed by atoms with van der Waals surface area (Å²) in [7, 11) is -3.53. The molecule has 2 aromatic rings. The third-order valence-electron chi connectivity index (χ3n) is 7.97. The van der Waals surface area contributed by atoms with Gasteiger partial charge in [0.1, 0.15) is 16.7 Å². The molecule has 0 radical (unpaired) electrons. The van der Waals surface area contributed by atoms with Crippen molar-refractivity contribution in [3.8, 4) is 11.3 Å². The van der Waals surface area contributed by atoms with Crippen molar-refractivity contribution in [1.29, 1.82) is 0 Å². The SMILES string of the molecule is C[C@H]1COCCN1c1nc(-c2cnc(N)nc2)c2c(n1)N(C1CN(S(=O)(=O)C3CN(C(=O)OC(C)(C)C)C3)C1)CC2. The number of amides is 1. The van der Waals surface area contributed by atoms with E-state index in [0.29, 0.717) is 45.3 Å². The standard InChI is InChI=1S/C26H37N9O5S/c1-16-15-39-8-7-34(16)24-30-21(17-9-28-23(27)29-10-17)20-5-6-35(22(20)31-24)18-11-33(12-18)41(37,38)19-13-32(14-19)25(36)40-26(2,3)4/h9-10,16,18-19H,5-8,11-15H2,1-4H3,(H2,27,28,29)/t16-/m0/s1. The topological polar surface area (TPSA) is 160 Å². The number of anilines is 3. The first kappa shape index (κ1) is 27.8. The minimum Gasteiger partial charge on any atom is -0.444 e. The lowest BCUT2D eigenvalue weighted by Gasteiger charge is -2.47. The molecule has 1 atom stereocenters. The van der Waals surface area contributed by atoms with E-state index in [2.05, 4.69) is 26.7 Å². The summed E-state index contributed by atoms with van der Waals surface area (Å²) in [5.41, 5.74) is 7.64. The number of likely N-dealkylation sites (tertiary alicyclic amines) is 1. The van der Waals surface area contributed by atoms with E-state index in [9.17, 15) is 13.2 Å². The maximum absolute atomic E-state index is 13.3. The number of hydrogen-bond acceptors (Lipinski definition) is 12. The highest BCUT2D eigenvalue weighted by Gasteiger charge is 2.49. The van der Waals surface area contributed by atoms with Gasteiger partial charge in [-0.2, -0.15) is 9.29 Å². The molecule has 0 aliphatic carbocycles. The molecule has 1 amide bonds. The van der Waals surface area contributed by atoms with Crippen molar-refractivity contribution in [2.75, 3.05) is 68.0 Å². The predicted octanol–water partition coefficient (Wildman–Crippen LogP) is 0.737. The molecule has 2 N–H and O–H groups in total. The molecule has 0 saturated carbocycles. The first-order chi connectivity index (χ1) is 19.4. The second-order valence-corrected chi connectivity index (χ2v) is 14.3. The maximum atomic E-state index is 13.3. The quantitative estimate of drug-likeness (QED) is 0.523. The molecule has 6 heterocycles. The molecule has 2 aromatic heterocycles. The summed E-state index contributed by atoms with van der Waals surface area (Å²) in [5, 5.41) is -0.615. The van der Waals surface area contributed by atoms with Crippen molar-refractivity contribution < 1.29 is 22.7 Å². The van der Waals surface area contributed by atoms with Crippen LogP contribution in [0.1, 0.15) is 33.3 Å². The van der Waals surface area contributed by atoms with Crippen molar-refractivity contribution >= 4 is 33.8 Å². The number of nitrogen functional groups attached to an aromatic ring is 1. The molecular formula is C26H37N9O5S. The van der Waals surface area contributed by atoms with Gasteiger partial charge < -0.3 is 29.9 Å². The fourth-order valence-electron chi connectivity index (χ4n) is 5.61. The molecule has 0 unspecified atom stereocenters. The van der Waals surface area contributed by atoms with E-state index in [1.54, 1.807) is 33.2 Å². The number of ether oxygens (including phenoxy) is 2. The van der Waals surface area contributed by atoms with Crippen LogP contribution in [0.3, 0.4) is 0 Å². The third kappa shape index (κ3) is 5.26. The van der Waals surface area contributed by atoms with E-state index >= 15 is 0 Å². The van der Waals surface area contributed by atoms with Gasteiger partial charge in [-0.05, 0) is 34.1 Å². The summed E-state index contributed by atoms with van der Waals surface area (Å²) in [6, 6.07) is 0.104. The molecule has 15 heteroatoms. The monoisotopic (exact) mass is 587 g/mol. The maximum Gasteiger partial charge on any atom is 0.410 e. The highest BCUT2D eigenvalue weighted by atomic mass is 32.2. The van der Waals surface area contributed by atoms with Crippen LogP contribution in [0.5, 0.6) is 0 Å². The number of nitrogens with two attached hydrogens (primary N) is 1. The molecule has 0 spiro atoms. The zero-order valence-electron chi connectivity index (χ0n) is 23.9. The van der Waals surface area contributed by atoms with Crippen LogP contribution in [0.4, 0.5) is 22.5 Å². The lowest BCUT2D eigenvalue weighted by atomic mass is 10.1. The normalized spacial score (nSPS) is 22.3. The Morgan fingerprint density at radius 3 is 2.44 bits per heavy atom. The van der Waals surface area contributed by atoms with E-state index in [4.69, 9.17) is 25.2 Å². The Morgan fingerprint density at radius 1 is 1.07 bits per heavy atom. The Kier molecular flexibility index (Phi) is 6.93. The molecule has 4 aliphatic rings. The van der Waals surface area contributed by atoms with Gasteiger partial charge in [-0.1, -0.05) is 0 Å². The molecule has 6 rings (SSSR count). The first-order valence-corrected chi connectivity index (χ1v) is 15.5. The Balaban J connectivity index is 1.19. The summed E-state index contributed by atoms with van der Waals surface area (Å²) in [5.74, 6) is 1.63. The van der Waals surface area contributed by atoms with Crippen molar-refractivity contribution in [3.63, 3.8) is 0 Å². The lowest BCUT2D eigenvalue weighted by Crippen LogP contribution is -2.67. The van der Waals surface area contributed by atoms with Gasteiger partial charge in [-0.15, -0.1) is 0 Å². The average Bonchev–Trinajstić information content (AvgIpc) is 3.24. The number of aromatic nitrogens is 4. The molecule has 222 valence electrons. The molecule has 41 heavy (non-hydrogen) atoms. The number of fused-ring (bicyclic) bond motifs is 1. The van der Waals surface area contributed by atoms with Crippen LogP contribution in [-0.4, -0.2) is 119 Å². The minimum atomic E-state index is -3.53. The zero-order chi connectivity index (χ0) is 29.1. The van der Waals surface area contributed by atoms with Gasteiger partial charge in [-0.25, -0.2) is 28.2 Å². The van der Waals surface area contributed by atoms with Gasteiger partial charge in [0.2, 0.25) is 21.9 Å². The van der Waals surface area contributed by atoms with Crippen LogP contribution in [0.2, 0.25) is 0 Å². The molecule has 0 bridgehead atoms. The molecule has 4 aliphatic heterocycles. The van der Waals surface area contributed by atoms with Crippen LogP contribution in [0.15, 0.2) is 12.4 Å². The highest BCUT2D eigenvalue weighted by Crippen LogP contribution is 2.39. The smallest absolute Gasteiger partial charge is 0.410 e. The molecular weight excluding hydrogens is 550 g/mol. The Labute approximate surface area is 239 Å². The number of rotatable bonds is 5. The van der Waals surface area contributed by atoms with Crippen LogP contribution >= 0.6 is 0 Å². The summed E-state index contributed by atoms with van der Waals surface area (Å²) in [4.78, 5) is 36.4. The van der Waals surface area contributed by atoms with Gasteiger partial charge in [-0.3, -0.25) is 0 Å². The van der Waals surface area contributed by atoms with Gasteiger partial charge in [0.05, 0.1) is 31.0 Å². The van der Waals surface area contributed by atoms with Crippen LogP contribution in [0, 0.1) is 0 Å². The molecule has 14 nitrogen and oxygen atoms in total. The lowest BCUT2D eigenvalue weighted by molar-refractivity contribution is 0.0134. The summed E-state index contributed by atoms with van der Waals surface area (Å²) < 4.78 is 39.1. The number of hydrogen-bond donors (Lipinski definition) is 1. The van der Waals surface area contributed by atoms with E-state index in [1.807, 2.05) is 0 Å². The summed E-state index contributed by atoms with van der Waals surface area (Å²) >= 11 is 0. The summed E-state index contributed by atoms with van der Waals surface area (Å²) in [6.45, 7) is 11.1. The Bertz CT molecular complexity index is 1420. The number of carbonyl (C=O) groups excluding carboxylic acids is 1. The van der Waals surface area contributed by atoms with E-state index < -0.39 is 27.0 Å². The van der Waals surface area contributed by atoms with Crippen molar-refractivity contribution in [2.45, 2.75) is 57.1 Å². The van der Waals surface area contributed by atoms with Crippen LogP contribution in [-0.2, 0) is 25.9 Å². The number of sulfonamides is 1. The van der Waals surface area contributed by atoms with Gasteiger partial charge in [0.15, 0.2) is 0 Å². The summed E-state index contributed by atoms with van der Waals surface area (Å²) in [6.07, 6.45) is 3.60. The van der Waals surface area contributed by atoms with Crippen molar-refractivity contribution in [3.05, 3.63) is 18.0 Å². The largest absolute Gasteiger partial charge is 0.444 e. The second kappa shape index (κ2) is 10.2. The molecule has 3 saturated heterocycles. The van der Waals surface area contributed by atoms with Gasteiger partial charge in [0.25, 0.3) is 0 Å². The number of nitrogens with zero attached hydrogens (tertiary/aromatic N) is 8. The highest BCUT2D eigenvalue weighted by molar-refractivity contribution is 7.89. The van der Waals surface area contributed by atoms with Crippen molar-refractivity contribution in [2.24, 2.45) is 0 Å². The van der Waals surface area contributed by atoms with E-state index in [-0.39, 0.29) is 31.1 Å². The Hall–Kier alpha value is -3.30. The minimum absolute atomic E-state index is 0.00607. The Morgan fingerprint density at radius 2 is 1.78 bits per heavy atom. The average molecular weight is 588 g/mol. The molecule has 0 aromatic carbocycles. The number of morpholine rings is 1. The van der Waals surface area contributed by atoms with Crippen molar-refractivity contribution in [1.82, 2.24) is 29.1 Å². The fraction of sp³-hybridized carbons (Fsp3) is 0.654. The van der Waals surface area contributed by atoms with Crippen LogP contribution in [0.25, 0.3) is 11.3 Å².